The van der Waals surface area contributed by atoms with Gasteiger partial charge in [-0.15, -0.1) is 11.8 Å². The maximum atomic E-state index is 13.3. The molecule has 8 heteroatoms. The maximum absolute atomic E-state index is 13.3. The van der Waals surface area contributed by atoms with E-state index < -0.39 is 6.04 Å². The molecule has 1 saturated heterocycles. The van der Waals surface area contributed by atoms with Gasteiger partial charge >= 0.3 is 0 Å². The van der Waals surface area contributed by atoms with Crippen LogP contribution in [0.4, 0.5) is 0 Å². The number of amides is 2. The lowest BCUT2D eigenvalue weighted by Gasteiger charge is -2.31. The van der Waals surface area contributed by atoms with E-state index in [1.165, 1.54) is 6.33 Å². The molecule has 3 aromatic rings. The highest BCUT2D eigenvalue weighted by Crippen LogP contribution is 2.27. The van der Waals surface area contributed by atoms with Gasteiger partial charge in [-0.25, -0.2) is 9.67 Å². The van der Waals surface area contributed by atoms with Crippen LogP contribution in [0.15, 0.2) is 67.3 Å². The number of carbonyl (C=O) groups is 2. The molecule has 1 fully saturated rings. The van der Waals surface area contributed by atoms with Crippen molar-refractivity contribution in [3.8, 4) is 5.69 Å². The second-order valence-corrected chi connectivity index (χ2v) is 8.21. The van der Waals surface area contributed by atoms with Crippen molar-refractivity contribution in [3.63, 3.8) is 0 Å². The molecule has 0 saturated carbocycles. The quantitative estimate of drug-likeness (QED) is 0.633. The summed E-state index contributed by atoms with van der Waals surface area (Å²) in [4.78, 5) is 33.5. The highest BCUT2D eigenvalue weighted by atomic mass is 32.2. The van der Waals surface area contributed by atoms with Gasteiger partial charge in [0.2, 0.25) is 5.91 Å². The Hall–Kier alpha value is -3.13. The second-order valence-electron chi connectivity index (χ2n) is 7.21. The standard InChI is InChI=1S/C22H23N5O2S/c1-16(17-8-10-19(11-9-17)27-14-23-13-24-27)25(2)22(29)20-12-30-15-26(20)21(28)18-6-4-3-5-7-18/h3-11,13-14,16,20H,12,15H2,1-2H3/t16?,20-/m0/s1. The summed E-state index contributed by atoms with van der Waals surface area (Å²) in [5, 5.41) is 4.13. The largest absolute Gasteiger partial charge is 0.337 e. The average molecular weight is 422 g/mol. The summed E-state index contributed by atoms with van der Waals surface area (Å²) in [5.74, 6) is 0.993. The summed E-state index contributed by atoms with van der Waals surface area (Å²) in [5.41, 5.74) is 2.53. The van der Waals surface area contributed by atoms with Gasteiger partial charge in [-0.3, -0.25) is 9.59 Å². The van der Waals surface area contributed by atoms with Crippen LogP contribution in [0, 0.1) is 0 Å². The number of hydrogen-bond donors (Lipinski definition) is 0. The van der Waals surface area contributed by atoms with Gasteiger partial charge in [0.1, 0.15) is 18.7 Å². The minimum absolute atomic E-state index is 0.0443. The zero-order chi connectivity index (χ0) is 21.1. The summed E-state index contributed by atoms with van der Waals surface area (Å²) in [7, 11) is 1.80. The molecule has 1 aliphatic heterocycles. The van der Waals surface area contributed by atoms with Crippen LogP contribution in [-0.2, 0) is 4.79 Å². The molecule has 0 bridgehead atoms. The van der Waals surface area contributed by atoms with Gasteiger partial charge < -0.3 is 9.80 Å². The van der Waals surface area contributed by atoms with Crippen molar-refractivity contribution in [1.82, 2.24) is 24.6 Å². The van der Waals surface area contributed by atoms with Crippen LogP contribution in [0.3, 0.4) is 0 Å². The highest BCUT2D eigenvalue weighted by molar-refractivity contribution is 7.99. The molecule has 30 heavy (non-hydrogen) atoms. The molecule has 7 nitrogen and oxygen atoms in total. The van der Waals surface area contributed by atoms with Crippen molar-refractivity contribution in [3.05, 3.63) is 78.4 Å². The van der Waals surface area contributed by atoms with Crippen LogP contribution < -0.4 is 0 Å². The van der Waals surface area contributed by atoms with E-state index in [0.717, 1.165) is 11.3 Å². The Labute approximate surface area is 179 Å². The molecule has 1 aromatic heterocycles. The van der Waals surface area contributed by atoms with Gasteiger partial charge in [0, 0.05) is 18.4 Å². The third kappa shape index (κ3) is 3.95. The van der Waals surface area contributed by atoms with E-state index in [4.69, 9.17) is 0 Å². The molecule has 1 aliphatic rings. The Morgan fingerprint density at radius 1 is 1.13 bits per heavy atom. The van der Waals surface area contributed by atoms with Gasteiger partial charge in [-0.2, -0.15) is 5.10 Å². The molecule has 0 radical (unpaired) electrons. The van der Waals surface area contributed by atoms with E-state index in [9.17, 15) is 9.59 Å². The number of hydrogen-bond acceptors (Lipinski definition) is 5. The van der Waals surface area contributed by atoms with Gasteiger partial charge in [0.25, 0.3) is 5.91 Å². The molecule has 0 aliphatic carbocycles. The number of benzene rings is 2. The zero-order valence-corrected chi connectivity index (χ0v) is 17.7. The Balaban J connectivity index is 1.47. The molecule has 0 N–H and O–H groups in total. The molecule has 2 atom stereocenters. The molecular formula is C22H23N5O2S. The third-order valence-electron chi connectivity index (χ3n) is 5.44. The van der Waals surface area contributed by atoms with E-state index in [0.29, 0.717) is 17.2 Å². The minimum atomic E-state index is -0.454. The molecule has 0 spiro atoms. The number of nitrogens with zero attached hydrogens (tertiary/aromatic N) is 5. The number of rotatable bonds is 5. The first-order valence-corrected chi connectivity index (χ1v) is 10.9. The van der Waals surface area contributed by atoms with Crippen molar-refractivity contribution in [2.75, 3.05) is 18.7 Å². The van der Waals surface area contributed by atoms with Crippen molar-refractivity contribution in [2.45, 2.75) is 19.0 Å². The fourth-order valence-electron chi connectivity index (χ4n) is 3.49. The third-order valence-corrected chi connectivity index (χ3v) is 6.45. The monoisotopic (exact) mass is 421 g/mol. The summed E-state index contributed by atoms with van der Waals surface area (Å²) >= 11 is 1.61. The van der Waals surface area contributed by atoms with E-state index in [1.54, 1.807) is 51.8 Å². The predicted molar refractivity (Wildman–Crippen MR) is 116 cm³/mol. The van der Waals surface area contributed by atoms with Crippen LogP contribution in [0.1, 0.15) is 28.9 Å². The van der Waals surface area contributed by atoms with Crippen LogP contribution >= 0.6 is 11.8 Å². The van der Waals surface area contributed by atoms with Crippen LogP contribution in [0.25, 0.3) is 5.69 Å². The number of carbonyl (C=O) groups excluding carboxylic acids is 2. The zero-order valence-electron chi connectivity index (χ0n) is 16.9. The number of thioether (sulfide) groups is 1. The van der Waals surface area contributed by atoms with E-state index in [2.05, 4.69) is 10.1 Å². The Morgan fingerprint density at radius 2 is 1.87 bits per heavy atom. The van der Waals surface area contributed by atoms with Crippen LogP contribution in [0.2, 0.25) is 0 Å². The van der Waals surface area contributed by atoms with Crippen molar-refractivity contribution < 1.29 is 9.59 Å². The molecule has 1 unspecified atom stereocenters. The SMILES string of the molecule is CC(c1ccc(-n2cncn2)cc1)N(C)C(=O)[C@@H]1CSCN1C(=O)c1ccccc1. The topological polar surface area (TPSA) is 71.3 Å². The predicted octanol–water partition coefficient (Wildman–Crippen LogP) is 3.00. The molecule has 154 valence electrons. The summed E-state index contributed by atoms with van der Waals surface area (Å²) < 4.78 is 1.69. The van der Waals surface area contributed by atoms with Gasteiger partial charge in [0.05, 0.1) is 17.6 Å². The average Bonchev–Trinajstić information content (AvgIpc) is 3.50. The second kappa shape index (κ2) is 8.71. The Morgan fingerprint density at radius 3 is 2.53 bits per heavy atom. The molecule has 2 heterocycles. The van der Waals surface area contributed by atoms with Crippen molar-refractivity contribution >= 4 is 23.6 Å². The first-order chi connectivity index (χ1) is 14.6. The van der Waals surface area contributed by atoms with E-state index in [-0.39, 0.29) is 17.9 Å². The molecule has 2 aromatic carbocycles. The van der Waals surface area contributed by atoms with Crippen LogP contribution in [-0.4, -0.2) is 61.1 Å². The summed E-state index contributed by atoms with van der Waals surface area (Å²) in [6, 6.07) is 16.4. The maximum Gasteiger partial charge on any atom is 0.255 e. The smallest absolute Gasteiger partial charge is 0.255 e. The lowest BCUT2D eigenvalue weighted by molar-refractivity contribution is -0.135. The van der Waals surface area contributed by atoms with E-state index in [1.807, 2.05) is 49.4 Å². The number of aromatic nitrogens is 3. The minimum Gasteiger partial charge on any atom is -0.337 e. The molecule has 2 amide bonds. The first kappa shape index (κ1) is 20.2. The van der Waals surface area contributed by atoms with Gasteiger partial charge in [-0.1, -0.05) is 30.3 Å². The highest BCUT2D eigenvalue weighted by Gasteiger charge is 2.37. The van der Waals surface area contributed by atoms with Crippen molar-refractivity contribution in [2.24, 2.45) is 0 Å². The lowest BCUT2D eigenvalue weighted by atomic mass is 10.1. The molecular weight excluding hydrogens is 398 g/mol. The Bertz CT molecular complexity index is 1010. The summed E-state index contributed by atoms with van der Waals surface area (Å²) in [6.07, 6.45) is 3.13. The number of likely N-dealkylation sites (N-methyl/N-ethyl adjacent to an activating group) is 1. The van der Waals surface area contributed by atoms with Crippen LogP contribution in [0.5, 0.6) is 0 Å². The van der Waals surface area contributed by atoms with Gasteiger partial charge in [-0.05, 0) is 36.8 Å². The van der Waals surface area contributed by atoms with E-state index >= 15 is 0 Å². The lowest BCUT2D eigenvalue weighted by Crippen LogP contribution is -2.48. The molecule has 4 rings (SSSR count). The normalized spacial score (nSPS) is 17.0. The first-order valence-electron chi connectivity index (χ1n) is 9.71. The fourth-order valence-corrected chi connectivity index (χ4v) is 4.64. The fraction of sp³-hybridized carbons (Fsp3) is 0.273. The summed E-state index contributed by atoms with van der Waals surface area (Å²) in [6.45, 7) is 1.99. The Kier molecular flexibility index (Phi) is 5.85. The van der Waals surface area contributed by atoms with Crippen molar-refractivity contribution in [1.29, 1.82) is 0 Å². The van der Waals surface area contributed by atoms with Gasteiger partial charge in [0.15, 0.2) is 0 Å².